The van der Waals surface area contributed by atoms with Gasteiger partial charge < -0.3 is 0 Å². The van der Waals surface area contributed by atoms with Crippen LogP contribution in [-0.2, 0) is 13.0 Å². The van der Waals surface area contributed by atoms with E-state index in [1.165, 1.54) is 19.3 Å². The van der Waals surface area contributed by atoms with Gasteiger partial charge >= 0.3 is 5.69 Å². The fourth-order valence-corrected chi connectivity index (χ4v) is 5.25. The Bertz CT molecular complexity index is 1300. The molecule has 0 aliphatic heterocycles. The van der Waals surface area contributed by atoms with E-state index in [1.807, 2.05) is 41.1 Å². The predicted molar refractivity (Wildman–Crippen MR) is 131 cm³/mol. The summed E-state index contributed by atoms with van der Waals surface area (Å²) in [5.74, 6) is 0.539. The maximum Gasteiger partial charge on any atom is 0.329 e. The van der Waals surface area contributed by atoms with E-state index in [0.717, 1.165) is 59.5 Å². The lowest BCUT2D eigenvalue weighted by molar-refractivity contribution is 0.340. The quantitative estimate of drug-likeness (QED) is 0.434. The second-order valence-corrected chi connectivity index (χ2v) is 9.15. The van der Waals surface area contributed by atoms with Crippen molar-refractivity contribution >= 4 is 0 Å². The topological polar surface area (TPSA) is 94.3 Å². The van der Waals surface area contributed by atoms with E-state index in [1.54, 1.807) is 0 Å². The van der Waals surface area contributed by atoms with Crippen LogP contribution in [0.2, 0.25) is 0 Å². The number of benzene rings is 1. The maximum atomic E-state index is 13.5. The zero-order valence-electron chi connectivity index (χ0n) is 19.9. The minimum Gasteiger partial charge on any atom is -0.293 e. The van der Waals surface area contributed by atoms with Gasteiger partial charge in [0.1, 0.15) is 0 Å². The van der Waals surface area contributed by atoms with Crippen LogP contribution in [-0.4, -0.2) is 34.7 Å². The highest BCUT2D eigenvalue weighted by atomic mass is 16.1. The molecular weight excluding hydrogens is 426 g/mol. The van der Waals surface area contributed by atoms with Crippen LogP contribution in [0.15, 0.2) is 47.4 Å². The van der Waals surface area contributed by atoms with E-state index < -0.39 is 0 Å². The lowest BCUT2D eigenvalue weighted by Gasteiger charge is -2.23. The Morgan fingerprint density at radius 2 is 1.85 bits per heavy atom. The Kier molecular flexibility index (Phi) is 6.38. The van der Waals surface area contributed by atoms with Crippen molar-refractivity contribution in [3.05, 3.63) is 70.0 Å². The molecule has 1 aromatic carbocycles. The molecule has 0 spiro atoms. The van der Waals surface area contributed by atoms with Crippen molar-refractivity contribution in [2.45, 2.75) is 71.4 Å². The van der Waals surface area contributed by atoms with E-state index in [2.05, 4.69) is 45.1 Å². The standard InChI is InChI=1S/C26H31N7O/c1-3-9-24-18(2)33(20-10-5-4-6-11-20)26(34)32(24)17-19-14-15-23(27-16-19)21-12-7-8-13-22(21)25-28-30-31-29-25/h7-8,12-16,20H,3-6,9-11,17H2,1-2H3,(H,28,29,30,31). The molecule has 5 rings (SSSR count). The average molecular weight is 458 g/mol. The number of rotatable bonds is 7. The smallest absolute Gasteiger partial charge is 0.293 e. The molecule has 0 saturated heterocycles. The van der Waals surface area contributed by atoms with Crippen LogP contribution in [0.1, 0.15) is 68.4 Å². The number of hydrogen-bond acceptors (Lipinski definition) is 5. The normalized spacial score (nSPS) is 14.5. The van der Waals surface area contributed by atoms with E-state index in [-0.39, 0.29) is 5.69 Å². The molecule has 176 valence electrons. The summed E-state index contributed by atoms with van der Waals surface area (Å²) in [4.78, 5) is 18.3. The van der Waals surface area contributed by atoms with Gasteiger partial charge in [0.2, 0.25) is 5.82 Å². The zero-order chi connectivity index (χ0) is 23.5. The number of nitrogens with one attached hydrogen (secondary N) is 1. The summed E-state index contributed by atoms with van der Waals surface area (Å²) in [7, 11) is 0. The molecule has 1 fully saturated rings. The third kappa shape index (κ3) is 4.20. The third-order valence-corrected chi connectivity index (χ3v) is 6.92. The highest BCUT2D eigenvalue weighted by Crippen LogP contribution is 2.30. The first-order chi connectivity index (χ1) is 16.7. The van der Waals surface area contributed by atoms with Crippen molar-refractivity contribution in [2.24, 2.45) is 0 Å². The van der Waals surface area contributed by atoms with Gasteiger partial charge in [-0.3, -0.25) is 14.1 Å². The first kappa shape index (κ1) is 22.3. The number of H-pyrrole nitrogens is 1. The number of aromatic amines is 1. The molecular formula is C26H31N7O. The van der Waals surface area contributed by atoms with Crippen LogP contribution < -0.4 is 5.69 Å². The molecule has 0 atom stereocenters. The minimum absolute atomic E-state index is 0.124. The van der Waals surface area contributed by atoms with E-state index in [0.29, 0.717) is 18.4 Å². The van der Waals surface area contributed by atoms with Gasteiger partial charge in [0.15, 0.2) is 0 Å². The molecule has 1 aliphatic carbocycles. The van der Waals surface area contributed by atoms with Gasteiger partial charge in [0.05, 0.1) is 12.2 Å². The fourth-order valence-electron chi connectivity index (χ4n) is 5.25. The molecule has 3 heterocycles. The van der Waals surface area contributed by atoms with Gasteiger partial charge in [-0.15, -0.1) is 10.2 Å². The average Bonchev–Trinajstić information content (AvgIpc) is 3.49. The van der Waals surface area contributed by atoms with Crippen LogP contribution in [0.5, 0.6) is 0 Å². The van der Waals surface area contributed by atoms with E-state index in [9.17, 15) is 4.79 Å². The summed E-state index contributed by atoms with van der Waals surface area (Å²) in [5.41, 5.74) is 6.08. The number of nitrogens with zero attached hydrogens (tertiary/aromatic N) is 6. The summed E-state index contributed by atoms with van der Waals surface area (Å²) in [6.45, 7) is 4.83. The first-order valence-electron chi connectivity index (χ1n) is 12.3. The molecule has 8 nitrogen and oxygen atoms in total. The van der Waals surface area contributed by atoms with Gasteiger partial charge in [-0.05, 0) is 43.0 Å². The summed E-state index contributed by atoms with van der Waals surface area (Å²) >= 11 is 0. The van der Waals surface area contributed by atoms with E-state index in [4.69, 9.17) is 4.98 Å². The van der Waals surface area contributed by atoms with Gasteiger partial charge in [-0.25, -0.2) is 4.79 Å². The molecule has 4 aromatic rings. The van der Waals surface area contributed by atoms with Crippen LogP contribution >= 0.6 is 0 Å². The minimum atomic E-state index is 0.124. The zero-order valence-corrected chi connectivity index (χ0v) is 19.9. The van der Waals surface area contributed by atoms with Crippen molar-refractivity contribution in [1.29, 1.82) is 0 Å². The monoisotopic (exact) mass is 457 g/mol. The maximum absolute atomic E-state index is 13.5. The first-order valence-corrected chi connectivity index (χ1v) is 12.3. The molecule has 34 heavy (non-hydrogen) atoms. The van der Waals surface area contributed by atoms with Gasteiger partial charge in [0, 0.05) is 34.8 Å². The second-order valence-electron chi connectivity index (χ2n) is 9.15. The fraction of sp³-hybridized carbons (Fsp3) is 0.423. The Morgan fingerprint density at radius 1 is 1.06 bits per heavy atom. The van der Waals surface area contributed by atoms with Gasteiger partial charge in [0.25, 0.3) is 0 Å². The van der Waals surface area contributed by atoms with Gasteiger partial charge in [-0.2, -0.15) is 5.21 Å². The Hall–Kier alpha value is -3.55. The van der Waals surface area contributed by atoms with Crippen LogP contribution in [0.3, 0.4) is 0 Å². The number of imidazole rings is 1. The third-order valence-electron chi connectivity index (χ3n) is 6.92. The Balaban J connectivity index is 1.46. The second kappa shape index (κ2) is 9.75. The van der Waals surface area contributed by atoms with Crippen molar-refractivity contribution in [1.82, 2.24) is 34.7 Å². The van der Waals surface area contributed by atoms with Crippen LogP contribution in [0, 0.1) is 6.92 Å². The summed E-state index contributed by atoms with van der Waals surface area (Å²) < 4.78 is 4.05. The molecule has 0 radical (unpaired) electrons. The number of hydrogen-bond donors (Lipinski definition) is 1. The molecule has 1 aliphatic rings. The molecule has 0 bridgehead atoms. The van der Waals surface area contributed by atoms with Crippen molar-refractivity contribution in [2.75, 3.05) is 0 Å². The highest BCUT2D eigenvalue weighted by molar-refractivity contribution is 5.78. The Morgan fingerprint density at radius 3 is 2.53 bits per heavy atom. The molecule has 0 amide bonds. The SMILES string of the molecule is CCCc1c(C)n(C2CCCCC2)c(=O)n1Cc1ccc(-c2ccccc2-c2nn[nH]n2)nc1. The highest BCUT2D eigenvalue weighted by Gasteiger charge is 2.24. The largest absolute Gasteiger partial charge is 0.329 e. The van der Waals surface area contributed by atoms with Crippen molar-refractivity contribution in [3.8, 4) is 22.6 Å². The number of tetrazole rings is 1. The van der Waals surface area contributed by atoms with Crippen LogP contribution in [0.25, 0.3) is 22.6 Å². The lowest BCUT2D eigenvalue weighted by atomic mass is 9.95. The predicted octanol–water partition coefficient (Wildman–Crippen LogP) is 4.71. The summed E-state index contributed by atoms with van der Waals surface area (Å²) in [5, 5.41) is 14.4. The van der Waals surface area contributed by atoms with Gasteiger partial charge in [-0.1, -0.05) is 62.9 Å². The summed E-state index contributed by atoms with van der Waals surface area (Å²) in [6.07, 6.45) is 9.70. The Labute approximate surface area is 199 Å². The molecule has 0 unspecified atom stereocenters. The van der Waals surface area contributed by atoms with Crippen molar-refractivity contribution < 1.29 is 0 Å². The number of pyridine rings is 1. The number of aromatic nitrogens is 7. The molecule has 8 heteroatoms. The molecule has 1 saturated carbocycles. The summed E-state index contributed by atoms with van der Waals surface area (Å²) in [6, 6.07) is 12.3. The van der Waals surface area contributed by atoms with Crippen LogP contribution in [0.4, 0.5) is 0 Å². The molecule has 1 N–H and O–H groups in total. The molecule has 3 aromatic heterocycles. The lowest BCUT2D eigenvalue weighted by Crippen LogP contribution is -2.29. The van der Waals surface area contributed by atoms with E-state index >= 15 is 0 Å². The van der Waals surface area contributed by atoms with Crippen molar-refractivity contribution in [3.63, 3.8) is 0 Å².